The molecule has 1 N–H and O–H groups in total. The van der Waals surface area contributed by atoms with Gasteiger partial charge in [-0.1, -0.05) is 43.7 Å². The van der Waals surface area contributed by atoms with Gasteiger partial charge in [0.1, 0.15) is 0 Å². The highest BCUT2D eigenvalue weighted by Crippen LogP contribution is 2.48. The molecular formula is C18H28N2S. The Morgan fingerprint density at radius 1 is 1.29 bits per heavy atom. The van der Waals surface area contributed by atoms with Gasteiger partial charge in [-0.3, -0.25) is 4.90 Å². The van der Waals surface area contributed by atoms with E-state index < -0.39 is 0 Å². The Morgan fingerprint density at radius 2 is 2.05 bits per heavy atom. The molecule has 2 atom stereocenters. The molecule has 1 aliphatic carbocycles. The Morgan fingerprint density at radius 3 is 2.67 bits per heavy atom. The zero-order valence-electron chi connectivity index (χ0n) is 13.3. The van der Waals surface area contributed by atoms with Gasteiger partial charge in [0.25, 0.3) is 0 Å². The summed E-state index contributed by atoms with van der Waals surface area (Å²) in [6.07, 6.45) is 7.66. The summed E-state index contributed by atoms with van der Waals surface area (Å²) in [6, 6.07) is 12.3. The first-order valence-electron chi connectivity index (χ1n) is 8.34. The van der Waals surface area contributed by atoms with Gasteiger partial charge in [0.15, 0.2) is 0 Å². The maximum Gasteiger partial charge on any atom is 0.0474 e. The number of hydrogen-bond acceptors (Lipinski definition) is 3. The predicted octanol–water partition coefficient (Wildman–Crippen LogP) is 3.70. The maximum absolute atomic E-state index is 3.77. The molecule has 1 saturated carbocycles. The maximum atomic E-state index is 3.77. The van der Waals surface area contributed by atoms with Gasteiger partial charge < -0.3 is 5.32 Å². The molecule has 0 radical (unpaired) electrons. The molecule has 2 aliphatic rings. The zero-order valence-corrected chi connectivity index (χ0v) is 14.2. The Hall–Kier alpha value is -0.510. The van der Waals surface area contributed by atoms with E-state index in [4.69, 9.17) is 0 Å². The summed E-state index contributed by atoms with van der Waals surface area (Å²) in [7, 11) is 0. The van der Waals surface area contributed by atoms with E-state index in [9.17, 15) is 0 Å². The van der Waals surface area contributed by atoms with Gasteiger partial charge >= 0.3 is 0 Å². The molecule has 116 valence electrons. The lowest BCUT2D eigenvalue weighted by molar-refractivity contribution is 0.125. The molecular weight excluding hydrogens is 276 g/mol. The molecule has 21 heavy (non-hydrogen) atoms. The predicted molar refractivity (Wildman–Crippen MR) is 92.9 cm³/mol. The highest BCUT2D eigenvalue weighted by atomic mass is 32.2. The van der Waals surface area contributed by atoms with Crippen molar-refractivity contribution >= 4 is 11.8 Å². The van der Waals surface area contributed by atoms with Crippen LogP contribution < -0.4 is 5.32 Å². The minimum Gasteiger partial charge on any atom is -0.311 e. The van der Waals surface area contributed by atoms with Crippen LogP contribution in [0.3, 0.4) is 0 Å². The minimum atomic E-state index is 0.545. The number of nitrogens with one attached hydrogen (secondary N) is 1. The van der Waals surface area contributed by atoms with Crippen LogP contribution in [0.4, 0.5) is 0 Å². The van der Waals surface area contributed by atoms with Gasteiger partial charge in [-0.05, 0) is 31.1 Å². The molecule has 0 amide bonds. The lowest BCUT2D eigenvalue weighted by Crippen LogP contribution is -2.53. The largest absolute Gasteiger partial charge is 0.311 e. The van der Waals surface area contributed by atoms with Crippen LogP contribution in [0.25, 0.3) is 0 Å². The van der Waals surface area contributed by atoms with Crippen LogP contribution in [0.5, 0.6) is 0 Å². The van der Waals surface area contributed by atoms with Crippen LogP contribution in [0.2, 0.25) is 0 Å². The molecule has 0 bridgehead atoms. The molecule has 1 aromatic rings. The Bertz CT molecular complexity index is 444. The number of hydrogen-bond donors (Lipinski definition) is 1. The molecule has 1 saturated heterocycles. The number of nitrogens with zero attached hydrogens (tertiary/aromatic N) is 1. The van der Waals surface area contributed by atoms with Crippen molar-refractivity contribution in [2.75, 3.05) is 25.9 Å². The van der Waals surface area contributed by atoms with E-state index in [1.54, 1.807) is 0 Å². The molecule has 3 rings (SSSR count). The van der Waals surface area contributed by atoms with E-state index in [1.807, 2.05) is 0 Å². The van der Waals surface area contributed by atoms with Gasteiger partial charge in [-0.2, -0.15) is 11.8 Å². The topological polar surface area (TPSA) is 15.3 Å². The summed E-state index contributed by atoms with van der Waals surface area (Å²) in [5, 5.41) is 3.77. The van der Waals surface area contributed by atoms with Crippen LogP contribution in [0, 0.1) is 0 Å². The van der Waals surface area contributed by atoms with Crippen molar-refractivity contribution in [1.29, 1.82) is 0 Å². The lowest BCUT2D eigenvalue weighted by Gasteiger charge is -2.42. The van der Waals surface area contributed by atoms with Crippen LogP contribution in [-0.2, 0) is 0 Å². The Balaban J connectivity index is 1.74. The van der Waals surface area contributed by atoms with Crippen molar-refractivity contribution in [3.8, 4) is 0 Å². The van der Waals surface area contributed by atoms with Crippen molar-refractivity contribution in [2.45, 2.75) is 49.4 Å². The standard InChI is InChI=1S/C18H28N2S/c1-3-7-16-13-20(14-18(21-2)10-11-18)17(12-19-16)15-8-5-4-6-9-15/h4-6,8-9,16-17,19H,3,7,10-14H2,1-2H3. The second-order valence-corrected chi connectivity index (χ2v) is 7.91. The fourth-order valence-electron chi connectivity index (χ4n) is 3.54. The van der Waals surface area contributed by atoms with E-state index in [0.29, 0.717) is 16.8 Å². The van der Waals surface area contributed by atoms with Crippen molar-refractivity contribution in [3.05, 3.63) is 35.9 Å². The van der Waals surface area contributed by atoms with E-state index in [-0.39, 0.29) is 0 Å². The van der Waals surface area contributed by atoms with Gasteiger partial charge in [-0.15, -0.1) is 0 Å². The quantitative estimate of drug-likeness (QED) is 0.863. The third-order valence-electron chi connectivity index (χ3n) is 5.05. The molecule has 3 heteroatoms. The minimum absolute atomic E-state index is 0.545. The normalized spacial score (nSPS) is 28.5. The van der Waals surface area contributed by atoms with Gasteiger partial charge in [0, 0.05) is 36.5 Å². The van der Waals surface area contributed by atoms with E-state index >= 15 is 0 Å². The fraction of sp³-hybridized carbons (Fsp3) is 0.667. The van der Waals surface area contributed by atoms with E-state index in [2.05, 4.69) is 65.5 Å². The summed E-state index contributed by atoms with van der Waals surface area (Å²) in [6.45, 7) is 5.85. The average Bonchev–Trinajstić information content (AvgIpc) is 3.29. The molecule has 2 unspecified atom stereocenters. The first-order chi connectivity index (χ1) is 10.3. The number of piperazine rings is 1. The number of rotatable bonds is 6. The van der Waals surface area contributed by atoms with Crippen LogP contribution in [0.15, 0.2) is 30.3 Å². The van der Waals surface area contributed by atoms with Gasteiger partial charge in [0.2, 0.25) is 0 Å². The van der Waals surface area contributed by atoms with Crippen molar-refractivity contribution < 1.29 is 0 Å². The smallest absolute Gasteiger partial charge is 0.0474 e. The average molecular weight is 305 g/mol. The Kier molecular flexibility index (Phi) is 4.92. The van der Waals surface area contributed by atoms with E-state index in [0.717, 1.165) is 6.54 Å². The molecule has 1 heterocycles. The van der Waals surface area contributed by atoms with E-state index in [1.165, 1.54) is 44.3 Å². The molecule has 1 aromatic carbocycles. The van der Waals surface area contributed by atoms with Crippen LogP contribution >= 0.6 is 11.8 Å². The van der Waals surface area contributed by atoms with Crippen molar-refractivity contribution in [2.24, 2.45) is 0 Å². The first-order valence-corrected chi connectivity index (χ1v) is 9.56. The Labute approximate surface area is 133 Å². The summed E-state index contributed by atoms with van der Waals surface area (Å²) < 4.78 is 0.557. The summed E-state index contributed by atoms with van der Waals surface area (Å²) >= 11 is 2.08. The third-order valence-corrected chi connectivity index (χ3v) is 6.45. The van der Waals surface area contributed by atoms with Crippen LogP contribution in [-0.4, -0.2) is 41.6 Å². The fourth-order valence-corrected chi connectivity index (χ4v) is 4.34. The van der Waals surface area contributed by atoms with Gasteiger partial charge in [0.05, 0.1) is 0 Å². The van der Waals surface area contributed by atoms with Crippen molar-refractivity contribution in [1.82, 2.24) is 10.2 Å². The third kappa shape index (κ3) is 3.64. The summed E-state index contributed by atoms with van der Waals surface area (Å²) in [5.41, 5.74) is 1.47. The molecule has 0 aromatic heterocycles. The van der Waals surface area contributed by atoms with Gasteiger partial charge in [-0.25, -0.2) is 0 Å². The summed E-state index contributed by atoms with van der Waals surface area (Å²) in [4.78, 5) is 2.76. The first kappa shape index (κ1) is 15.4. The lowest BCUT2D eigenvalue weighted by atomic mass is 9.99. The SMILES string of the molecule is CCCC1CN(CC2(SC)CC2)C(c2ccccc2)CN1. The number of thioether (sulfide) groups is 1. The molecule has 2 nitrogen and oxygen atoms in total. The monoisotopic (exact) mass is 304 g/mol. The van der Waals surface area contributed by atoms with Crippen LogP contribution in [0.1, 0.15) is 44.2 Å². The number of benzene rings is 1. The molecule has 0 spiro atoms. The highest BCUT2D eigenvalue weighted by molar-refractivity contribution is 8.00. The molecule has 1 aliphatic heterocycles. The van der Waals surface area contributed by atoms with Crippen molar-refractivity contribution in [3.63, 3.8) is 0 Å². The second kappa shape index (κ2) is 6.72. The zero-order chi connectivity index (χ0) is 14.7. The second-order valence-electron chi connectivity index (χ2n) is 6.64. The molecule has 2 fully saturated rings. The highest BCUT2D eigenvalue weighted by Gasteiger charge is 2.45. The summed E-state index contributed by atoms with van der Waals surface area (Å²) in [5.74, 6) is 0.